The average Bonchev–Trinajstić information content (AvgIpc) is 2.94. The molecule has 1 saturated carbocycles. The molecule has 4 nitrogen and oxygen atoms in total. The first-order valence-corrected chi connectivity index (χ1v) is 8.92. The molecule has 1 fully saturated rings. The molecule has 1 aliphatic carbocycles. The molecule has 1 aliphatic rings. The van der Waals surface area contributed by atoms with Crippen molar-refractivity contribution in [1.82, 2.24) is 15.5 Å². The molecular weight excluding hydrogens is 260 g/mol. The highest BCUT2D eigenvalue weighted by Gasteiger charge is 2.15. The molecule has 0 amide bonds. The topological polar surface area (TPSA) is 39.7 Å². The number of aliphatic imine (C=N–C) groups is 1. The first-order chi connectivity index (χ1) is 10.2. The van der Waals surface area contributed by atoms with Gasteiger partial charge in [-0.3, -0.25) is 4.99 Å². The molecule has 2 N–H and O–H groups in total. The highest BCUT2D eigenvalue weighted by molar-refractivity contribution is 5.80. The van der Waals surface area contributed by atoms with E-state index >= 15 is 0 Å². The molecule has 21 heavy (non-hydrogen) atoms. The van der Waals surface area contributed by atoms with Crippen LogP contribution in [0.3, 0.4) is 0 Å². The van der Waals surface area contributed by atoms with Crippen LogP contribution in [-0.2, 0) is 0 Å². The van der Waals surface area contributed by atoms with E-state index in [4.69, 9.17) is 4.99 Å². The van der Waals surface area contributed by atoms with Gasteiger partial charge < -0.3 is 15.5 Å². The summed E-state index contributed by atoms with van der Waals surface area (Å²) < 4.78 is 0. The van der Waals surface area contributed by atoms with Crippen LogP contribution in [0.15, 0.2) is 4.99 Å². The predicted molar refractivity (Wildman–Crippen MR) is 93.0 cm³/mol. The second-order valence-electron chi connectivity index (χ2n) is 6.46. The van der Waals surface area contributed by atoms with Crippen LogP contribution in [0, 0.1) is 0 Å². The molecule has 0 atom stereocenters. The third-order valence-electron chi connectivity index (χ3n) is 4.07. The molecule has 0 unspecified atom stereocenters. The number of unbranched alkanes of at least 4 members (excludes halogenated alkanes) is 4. The van der Waals surface area contributed by atoms with Gasteiger partial charge in [0.25, 0.3) is 0 Å². The summed E-state index contributed by atoms with van der Waals surface area (Å²) in [5.74, 6) is 1.03. The van der Waals surface area contributed by atoms with Crippen LogP contribution in [0.2, 0.25) is 0 Å². The summed E-state index contributed by atoms with van der Waals surface area (Å²) >= 11 is 0. The Kier molecular flexibility index (Phi) is 10.3. The SMILES string of the molecule is CCNC(=NCCCCCCCN(C)C)NC1CCCC1. The zero-order valence-electron chi connectivity index (χ0n) is 14.5. The monoisotopic (exact) mass is 296 g/mol. The number of rotatable bonds is 10. The van der Waals surface area contributed by atoms with Gasteiger partial charge in [0.05, 0.1) is 0 Å². The maximum absolute atomic E-state index is 4.71. The molecule has 4 heteroatoms. The van der Waals surface area contributed by atoms with E-state index in [1.54, 1.807) is 0 Å². The zero-order chi connectivity index (χ0) is 15.3. The van der Waals surface area contributed by atoms with Gasteiger partial charge in [0.1, 0.15) is 0 Å². The van der Waals surface area contributed by atoms with Crippen molar-refractivity contribution in [3.8, 4) is 0 Å². The van der Waals surface area contributed by atoms with Crippen molar-refractivity contribution in [3.05, 3.63) is 0 Å². The van der Waals surface area contributed by atoms with E-state index < -0.39 is 0 Å². The molecule has 0 aliphatic heterocycles. The maximum Gasteiger partial charge on any atom is 0.191 e. The number of guanidine groups is 1. The lowest BCUT2D eigenvalue weighted by molar-refractivity contribution is 0.390. The molecule has 124 valence electrons. The first kappa shape index (κ1) is 18.3. The largest absolute Gasteiger partial charge is 0.357 e. The lowest BCUT2D eigenvalue weighted by Crippen LogP contribution is -2.42. The number of nitrogens with zero attached hydrogens (tertiary/aromatic N) is 2. The lowest BCUT2D eigenvalue weighted by Gasteiger charge is -2.16. The van der Waals surface area contributed by atoms with Gasteiger partial charge in [-0.1, -0.05) is 32.1 Å². The lowest BCUT2D eigenvalue weighted by atomic mass is 10.1. The molecule has 0 bridgehead atoms. The van der Waals surface area contributed by atoms with Gasteiger partial charge in [0.2, 0.25) is 0 Å². The van der Waals surface area contributed by atoms with Gasteiger partial charge in [-0.25, -0.2) is 0 Å². The summed E-state index contributed by atoms with van der Waals surface area (Å²) in [6.45, 7) is 5.25. The summed E-state index contributed by atoms with van der Waals surface area (Å²) in [4.78, 5) is 6.97. The number of nitrogens with one attached hydrogen (secondary N) is 2. The molecular formula is C17H36N4. The summed E-state index contributed by atoms with van der Waals surface area (Å²) in [7, 11) is 4.29. The fourth-order valence-electron chi connectivity index (χ4n) is 2.84. The van der Waals surface area contributed by atoms with Crippen molar-refractivity contribution in [1.29, 1.82) is 0 Å². The van der Waals surface area contributed by atoms with Crippen LogP contribution in [0.4, 0.5) is 0 Å². The summed E-state index contributed by atoms with van der Waals surface area (Å²) in [5, 5.41) is 6.94. The Morgan fingerprint density at radius 1 is 1.05 bits per heavy atom. The molecule has 1 rings (SSSR count). The first-order valence-electron chi connectivity index (χ1n) is 8.92. The molecule has 0 aromatic heterocycles. The molecule has 0 aromatic rings. The van der Waals surface area contributed by atoms with Crippen molar-refractivity contribution in [2.75, 3.05) is 33.7 Å². The fourth-order valence-corrected chi connectivity index (χ4v) is 2.84. The van der Waals surface area contributed by atoms with Gasteiger partial charge in [0.15, 0.2) is 5.96 Å². The van der Waals surface area contributed by atoms with E-state index in [1.807, 2.05) is 0 Å². The van der Waals surface area contributed by atoms with E-state index in [9.17, 15) is 0 Å². The van der Waals surface area contributed by atoms with Crippen LogP contribution in [0.1, 0.15) is 64.7 Å². The second kappa shape index (κ2) is 11.8. The van der Waals surface area contributed by atoms with Gasteiger partial charge >= 0.3 is 0 Å². The fraction of sp³-hybridized carbons (Fsp3) is 0.941. The van der Waals surface area contributed by atoms with E-state index in [2.05, 4.69) is 36.6 Å². The predicted octanol–water partition coefficient (Wildman–Crippen LogP) is 3.00. The Morgan fingerprint density at radius 2 is 1.71 bits per heavy atom. The molecule has 0 aromatic carbocycles. The quantitative estimate of drug-likeness (QED) is 0.370. The van der Waals surface area contributed by atoms with E-state index in [0.29, 0.717) is 6.04 Å². The minimum absolute atomic E-state index is 0.647. The summed E-state index contributed by atoms with van der Waals surface area (Å²) in [6.07, 6.45) is 11.9. The smallest absolute Gasteiger partial charge is 0.191 e. The highest BCUT2D eigenvalue weighted by Crippen LogP contribution is 2.17. The average molecular weight is 297 g/mol. The van der Waals surface area contributed by atoms with Crippen LogP contribution >= 0.6 is 0 Å². The molecule has 0 saturated heterocycles. The van der Waals surface area contributed by atoms with Crippen LogP contribution in [0.25, 0.3) is 0 Å². The van der Waals surface area contributed by atoms with Gasteiger partial charge in [-0.15, -0.1) is 0 Å². The van der Waals surface area contributed by atoms with Crippen molar-refractivity contribution < 1.29 is 0 Å². The number of hydrogen-bond donors (Lipinski definition) is 2. The van der Waals surface area contributed by atoms with Gasteiger partial charge in [-0.05, 0) is 53.2 Å². The molecule has 0 heterocycles. The Labute approximate surface area is 131 Å². The molecule has 0 spiro atoms. The Bertz CT molecular complexity index is 270. The van der Waals surface area contributed by atoms with E-state index in [-0.39, 0.29) is 0 Å². The van der Waals surface area contributed by atoms with Gasteiger partial charge in [-0.2, -0.15) is 0 Å². The van der Waals surface area contributed by atoms with Crippen molar-refractivity contribution in [2.45, 2.75) is 70.8 Å². The minimum Gasteiger partial charge on any atom is -0.357 e. The standard InChI is InChI=1S/C17H36N4/c1-4-18-17(20-16-12-8-9-13-16)19-14-10-6-5-7-11-15-21(2)3/h16H,4-15H2,1-3H3,(H2,18,19,20). The Morgan fingerprint density at radius 3 is 2.38 bits per heavy atom. The van der Waals surface area contributed by atoms with E-state index in [1.165, 1.54) is 64.3 Å². The van der Waals surface area contributed by atoms with Crippen molar-refractivity contribution in [2.24, 2.45) is 4.99 Å². The summed E-state index contributed by atoms with van der Waals surface area (Å²) in [6, 6.07) is 0.647. The summed E-state index contributed by atoms with van der Waals surface area (Å²) in [5.41, 5.74) is 0. The second-order valence-corrected chi connectivity index (χ2v) is 6.46. The van der Waals surface area contributed by atoms with Crippen molar-refractivity contribution >= 4 is 5.96 Å². The maximum atomic E-state index is 4.71. The van der Waals surface area contributed by atoms with Crippen LogP contribution in [0.5, 0.6) is 0 Å². The third kappa shape index (κ3) is 9.72. The number of hydrogen-bond acceptors (Lipinski definition) is 2. The van der Waals surface area contributed by atoms with Crippen molar-refractivity contribution in [3.63, 3.8) is 0 Å². The Balaban J connectivity index is 2.07. The minimum atomic E-state index is 0.647. The Hall–Kier alpha value is -0.770. The van der Waals surface area contributed by atoms with Crippen LogP contribution in [-0.4, -0.2) is 50.6 Å². The molecule has 0 radical (unpaired) electrons. The zero-order valence-corrected chi connectivity index (χ0v) is 14.5. The van der Waals surface area contributed by atoms with E-state index in [0.717, 1.165) is 19.0 Å². The normalized spacial score (nSPS) is 16.7. The highest BCUT2D eigenvalue weighted by atomic mass is 15.2. The third-order valence-corrected chi connectivity index (χ3v) is 4.07. The van der Waals surface area contributed by atoms with Crippen LogP contribution < -0.4 is 10.6 Å². The van der Waals surface area contributed by atoms with Gasteiger partial charge in [0, 0.05) is 19.1 Å².